The molecule has 0 saturated heterocycles. The van der Waals surface area contributed by atoms with E-state index in [0.717, 1.165) is 26.7 Å². The molecule has 6 nitrogen and oxygen atoms in total. The highest BCUT2D eigenvalue weighted by Crippen LogP contribution is 2.28. The lowest BCUT2D eigenvalue weighted by Crippen LogP contribution is -2.15. The smallest absolute Gasteiger partial charge is 0.234 e. The minimum Gasteiger partial charge on any atom is -0.453 e. The van der Waals surface area contributed by atoms with Crippen LogP contribution in [0.4, 0.5) is 5.69 Å². The number of rotatable bonds is 5. The van der Waals surface area contributed by atoms with Crippen LogP contribution in [0.3, 0.4) is 0 Å². The fourth-order valence-electron chi connectivity index (χ4n) is 2.83. The van der Waals surface area contributed by atoms with E-state index in [0.29, 0.717) is 16.7 Å². The number of carbonyl (C=O) groups is 1. The average Bonchev–Trinajstić information content (AvgIpc) is 3.25. The second kappa shape index (κ2) is 7.81. The quantitative estimate of drug-likeness (QED) is 0.426. The molecule has 0 unspecified atom stereocenters. The Labute approximate surface area is 174 Å². The van der Waals surface area contributed by atoms with Crippen molar-refractivity contribution >= 4 is 50.3 Å². The summed E-state index contributed by atoms with van der Waals surface area (Å²) in [6.07, 6.45) is 0. The Morgan fingerprint density at radius 1 is 1.21 bits per heavy atom. The summed E-state index contributed by atoms with van der Waals surface area (Å²) >= 11 is 4.75. The fourth-order valence-corrected chi connectivity index (χ4v) is 4.02. The first kappa shape index (κ1) is 18.8. The number of hydrogen-bond acceptors (Lipinski definition) is 5. The van der Waals surface area contributed by atoms with Crippen molar-refractivity contribution in [3.8, 4) is 11.6 Å². The molecule has 1 N–H and O–H groups in total. The van der Waals surface area contributed by atoms with Gasteiger partial charge in [-0.2, -0.15) is 0 Å². The van der Waals surface area contributed by atoms with Crippen LogP contribution in [0, 0.1) is 6.92 Å². The summed E-state index contributed by atoms with van der Waals surface area (Å²) in [6, 6.07) is 15.5. The SMILES string of the molecule is Cc1cc(Br)ccc1NC(=O)CSc1nnc(-c2cc3ccccc3o2)n1C. The molecule has 142 valence electrons. The third kappa shape index (κ3) is 3.83. The topological polar surface area (TPSA) is 73.0 Å². The van der Waals surface area contributed by atoms with E-state index in [2.05, 4.69) is 31.4 Å². The van der Waals surface area contributed by atoms with E-state index in [1.54, 1.807) is 0 Å². The van der Waals surface area contributed by atoms with Crippen LogP contribution < -0.4 is 5.32 Å². The predicted molar refractivity (Wildman–Crippen MR) is 114 cm³/mol. The van der Waals surface area contributed by atoms with Crippen molar-refractivity contribution in [2.75, 3.05) is 11.1 Å². The maximum atomic E-state index is 12.3. The number of nitrogens with zero attached hydrogens (tertiary/aromatic N) is 3. The highest BCUT2D eigenvalue weighted by Gasteiger charge is 2.16. The van der Waals surface area contributed by atoms with Crippen LogP contribution in [0.1, 0.15) is 5.56 Å². The number of fused-ring (bicyclic) bond motifs is 1. The van der Waals surface area contributed by atoms with Gasteiger partial charge in [0, 0.05) is 22.6 Å². The lowest BCUT2D eigenvalue weighted by Gasteiger charge is -2.08. The predicted octanol–water partition coefficient (Wildman–Crippen LogP) is 5.03. The van der Waals surface area contributed by atoms with Crippen molar-refractivity contribution in [2.24, 2.45) is 7.05 Å². The van der Waals surface area contributed by atoms with Crippen molar-refractivity contribution in [1.82, 2.24) is 14.8 Å². The second-order valence-electron chi connectivity index (χ2n) is 6.31. The molecule has 0 atom stereocenters. The molecule has 1 amide bonds. The van der Waals surface area contributed by atoms with Gasteiger partial charge in [0.1, 0.15) is 5.58 Å². The third-order valence-corrected chi connectivity index (χ3v) is 5.79. The Morgan fingerprint density at radius 2 is 2.04 bits per heavy atom. The van der Waals surface area contributed by atoms with Gasteiger partial charge >= 0.3 is 0 Å². The molecule has 2 aromatic carbocycles. The Kier molecular flexibility index (Phi) is 5.23. The highest BCUT2D eigenvalue weighted by atomic mass is 79.9. The van der Waals surface area contributed by atoms with Gasteiger partial charge in [-0.1, -0.05) is 45.9 Å². The van der Waals surface area contributed by atoms with Crippen LogP contribution in [-0.4, -0.2) is 26.4 Å². The number of carbonyl (C=O) groups excluding carboxylic acids is 1. The molecule has 0 aliphatic heterocycles. The Balaban J connectivity index is 1.45. The van der Waals surface area contributed by atoms with Gasteiger partial charge in [-0.05, 0) is 42.8 Å². The number of nitrogens with one attached hydrogen (secondary N) is 1. The molecule has 0 fully saturated rings. The van der Waals surface area contributed by atoms with E-state index in [1.807, 2.05) is 67.1 Å². The molecule has 28 heavy (non-hydrogen) atoms. The van der Waals surface area contributed by atoms with Crippen LogP contribution in [0.25, 0.3) is 22.6 Å². The molecule has 0 aliphatic rings. The number of furan rings is 1. The number of thioether (sulfide) groups is 1. The van der Waals surface area contributed by atoms with Crippen LogP contribution in [0.5, 0.6) is 0 Å². The van der Waals surface area contributed by atoms with Crippen molar-refractivity contribution in [2.45, 2.75) is 12.1 Å². The molecule has 4 rings (SSSR count). The number of aromatic nitrogens is 3. The number of benzene rings is 2. The van der Waals surface area contributed by atoms with Crippen LogP contribution >= 0.6 is 27.7 Å². The molecule has 0 aliphatic carbocycles. The van der Waals surface area contributed by atoms with Crippen molar-refractivity contribution in [3.63, 3.8) is 0 Å². The molecule has 0 spiro atoms. The van der Waals surface area contributed by atoms with Gasteiger partial charge in [-0.3, -0.25) is 4.79 Å². The van der Waals surface area contributed by atoms with Gasteiger partial charge in [-0.15, -0.1) is 10.2 Å². The molecular formula is C20H17BrN4O2S. The summed E-state index contributed by atoms with van der Waals surface area (Å²) in [6.45, 7) is 1.95. The van der Waals surface area contributed by atoms with Crippen molar-refractivity contribution in [1.29, 1.82) is 0 Å². The zero-order valence-electron chi connectivity index (χ0n) is 15.3. The van der Waals surface area contributed by atoms with Gasteiger partial charge in [-0.25, -0.2) is 0 Å². The lowest BCUT2D eigenvalue weighted by molar-refractivity contribution is -0.113. The van der Waals surface area contributed by atoms with Crippen LogP contribution in [0.2, 0.25) is 0 Å². The lowest BCUT2D eigenvalue weighted by atomic mass is 10.2. The standard InChI is InChI=1S/C20H17BrN4O2S/c1-12-9-14(21)7-8-15(12)22-18(26)11-28-20-24-23-19(25(20)2)17-10-13-5-3-4-6-16(13)27-17/h3-10H,11H2,1-2H3,(H,22,26). The maximum Gasteiger partial charge on any atom is 0.234 e. The number of aryl methyl sites for hydroxylation is 1. The molecule has 4 aromatic rings. The first-order chi connectivity index (χ1) is 13.5. The molecule has 0 bridgehead atoms. The minimum absolute atomic E-state index is 0.0938. The molecule has 0 saturated carbocycles. The summed E-state index contributed by atoms with van der Waals surface area (Å²) in [5, 5.41) is 13.0. The summed E-state index contributed by atoms with van der Waals surface area (Å²) in [4.78, 5) is 12.3. The first-order valence-electron chi connectivity index (χ1n) is 8.58. The monoisotopic (exact) mass is 456 g/mol. The number of hydrogen-bond donors (Lipinski definition) is 1. The van der Waals surface area contributed by atoms with E-state index >= 15 is 0 Å². The van der Waals surface area contributed by atoms with E-state index in [9.17, 15) is 4.79 Å². The number of amides is 1. The first-order valence-corrected chi connectivity index (χ1v) is 10.4. The summed E-state index contributed by atoms with van der Waals surface area (Å²) in [5.74, 6) is 1.42. The van der Waals surface area contributed by atoms with Gasteiger partial charge in [0.2, 0.25) is 5.91 Å². The van der Waals surface area contributed by atoms with E-state index in [-0.39, 0.29) is 11.7 Å². The second-order valence-corrected chi connectivity index (χ2v) is 8.17. The molecule has 2 heterocycles. The molecular weight excluding hydrogens is 440 g/mol. The average molecular weight is 457 g/mol. The van der Waals surface area contributed by atoms with Gasteiger partial charge in [0.15, 0.2) is 16.7 Å². The van der Waals surface area contributed by atoms with E-state index in [4.69, 9.17) is 4.42 Å². The van der Waals surface area contributed by atoms with Gasteiger partial charge < -0.3 is 14.3 Å². The van der Waals surface area contributed by atoms with Crippen molar-refractivity contribution in [3.05, 3.63) is 58.6 Å². The number of halogens is 1. The Hall–Kier alpha value is -2.58. The summed E-state index contributed by atoms with van der Waals surface area (Å²) in [7, 11) is 1.86. The van der Waals surface area contributed by atoms with Gasteiger partial charge in [0.05, 0.1) is 5.75 Å². The molecule has 8 heteroatoms. The fraction of sp³-hybridized carbons (Fsp3) is 0.150. The third-order valence-electron chi connectivity index (χ3n) is 4.28. The Bertz CT molecular complexity index is 1140. The Morgan fingerprint density at radius 3 is 2.82 bits per heavy atom. The van der Waals surface area contributed by atoms with Crippen LogP contribution in [0.15, 0.2) is 62.6 Å². The normalized spacial score (nSPS) is 11.1. The van der Waals surface area contributed by atoms with Crippen molar-refractivity contribution < 1.29 is 9.21 Å². The van der Waals surface area contributed by atoms with Gasteiger partial charge in [0.25, 0.3) is 0 Å². The van der Waals surface area contributed by atoms with E-state index < -0.39 is 0 Å². The summed E-state index contributed by atoms with van der Waals surface area (Å²) < 4.78 is 8.67. The molecule has 2 aromatic heterocycles. The zero-order chi connectivity index (χ0) is 19.7. The zero-order valence-corrected chi connectivity index (χ0v) is 17.7. The summed E-state index contributed by atoms with van der Waals surface area (Å²) in [5.41, 5.74) is 2.60. The van der Waals surface area contributed by atoms with Crippen LogP contribution in [-0.2, 0) is 11.8 Å². The maximum absolute atomic E-state index is 12.3. The largest absolute Gasteiger partial charge is 0.453 e. The highest BCUT2D eigenvalue weighted by molar-refractivity contribution is 9.10. The molecule has 0 radical (unpaired) electrons. The number of para-hydroxylation sites is 1. The number of anilines is 1. The minimum atomic E-state index is -0.0938. The van der Waals surface area contributed by atoms with E-state index in [1.165, 1.54) is 11.8 Å².